The number of hydrogen-bond acceptors (Lipinski definition) is 5. The molecule has 0 aliphatic heterocycles. The third-order valence-corrected chi connectivity index (χ3v) is 1.11. The Morgan fingerprint density at radius 1 is 1.60 bits per heavy atom. The van der Waals surface area contributed by atoms with E-state index < -0.39 is 0 Å². The van der Waals surface area contributed by atoms with E-state index in [4.69, 9.17) is 0 Å². The minimum Gasteiger partial charge on any atom is -0.303 e. The first kappa shape index (κ1) is 7.33. The van der Waals surface area contributed by atoms with Crippen LogP contribution in [-0.2, 0) is 0 Å². The Labute approximate surface area is 64.2 Å². The lowest BCUT2D eigenvalue weighted by atomic mass is 10.4. The van der Waals surface area contributed by atoms with Gasteiger partial charge in [0.25, 0.3) is 0 Å². The van der Waals surface area contributed by atoms with Crippen molar-refractivity contribution in [2.24, 2.45) is 0 Å². The van der Waals surface area contributed by atoms with Crippen LogP contribution in [0.2, 0.25) is 0 Å². The van der Waals surface area contributed by atoms with Crippen molar-refractivity contribution in [1.29, 1.82) is 0 Å². The van der Waals surface area contributed by atoms with E-state index in [0.29, 0.717) is 11.2 Å². The molecule has 10 heavy (non-hydrogen) atoms. The molecule has 1 heterocycles. The van der Waals surface area contributed by atoms with Gasteiger partial charge in [0.1, 0.15) is 0 Å². The lowest BCUT2D eigenvalue weighted by Crippen LogP contribution is -2.23. The van der Waals surface area contributed by atoms with Gasteiger partial charge in [0.15, 0.2) is 0 Å². The SMILES string of the molecule is CC(C)Nn1nnnc1S. The van der Waals surface area contributed by atoms with Crippen molar-refractivity contribution in [3.05, 3.63) is 0 Å². The minimum atomic E-state index is 0.300. The Morgan fingerprint density at radius 3 is 2.70 bits per heavy atom. The van der Waals surface area contributed by atoms with Crippen molar-refractivity contribution in [2.45, 2.75) is 25.0 Å². The maximum atomic E-state index is 3.99. The second kappa shape index (κ2) is 2.87. The van der Waals surface area contributed by atoms with Crippen LogP contribution in [-0.4, -0.2) is 26.4 Å². The van der Waals surface area contributed by atoms with E-state index in [-0.39, 0.29) is 0 Å². The summed E-state index contributed by atoms with van der Waals surface area (Å²) in [5, 5.41) is 11.1. The predicted molar refractivity (Wildman–Crippen MR) is 39.6 cm³/mol. The zero-order chi connectivity index (χ0) is 7.56. The zero-order valence-corrected chi connectivity index (χ0v) is 6.71. The molecule has 0 spiro atoms. The number of thiol groups is 1. The standard InChI is InChI=1S/C4H9N5S/c1-3(2)6-9-4(10)5-7-8-9/h3,6H,1-2H3,(H,5,8,10). The molecule has 0 atom stereocenters. The molecule has 0 saturated carbocycles. The van der Waals surface area contributed by atoms with Gasteiger partial charge in [-0.25, -0.2) is 0 Å². The second-order valence-corrected chi connectivity index (χ2v) is 2.57. The van der Waals surface area contributed by atoms with Gasteiger partial charge in [0.2, 0.25) is 5.16 Å². The summed E-state index contributed by atoms with van der Waals surface area (Å²) >= 11 is 3.99. The molecule has 0 saturated heterocycles. The van der Waals surface area contributed by atoms with Crippen molar-refractivity contribution in [3.8, 4) is 0 Å². The molecule has 0 bridgehead atoms. The van der Waals surface area contributed by atoms with Crippen LogP contribution < -0.4 is 5.43 Å². The Kier molecular flexibility index (Phi) is 2.10. The maximum Gasteiger partial charge on any atom is 0.227 e. The average Bonchev–Trinajstić information content (AvgIpc) is 2.15. The normalized spacial score (nSPS) is 10.4. The van der Waals surface area contributed by atoms with Crippen molar-refractivity contribution in [1.82, 2.24) is 20.3 Å². The van der Waals surface area contributed by atoms with Gasteiger partial charge in [-0.3, -0.25) is 0 Å². The molecular weight excluding hydrogens is 150 g/mol. The lowest BCUT2D eigenvalue weighted by Gasteiger charge is -2.07. The molecule has 0 aromatic carbocycles. The smallest absolute Gasteiger partial charge is 0.227 e. The summed E-state index contributed by atoms with van der Waals surface area (Å²) < 4.78 is 0. The molecule has 0 unspecified atom stereocenters. The van der Waals surface area contributed by atoms with E-state index in [9.17, 15) is 0 Å². The number of rotatable bonds is 2. The molecule has 6 heteroatoms. The van der Waals surface area contributed by atoms with Crippen molar-refractivity contribution in [3.63, 3.8) is 0 Å². The van der Waals surface area contributed by atoms with Crippen LogP contribution in [0, 0.1) is 0 Å². The number of aromatic nitrogens is 4. The molecule has 56 valence electrons. The van der Waals surface area contributed by atoms with Gasteiger partial charge in [0.05, 0.1) is 0 Å². The lowest BCUT2D eigenvalue weighted by molar-refractivity contribution is 0.605. The van der Waals surface area contributed by atoms with Crippen LogP contribution in [0.3, 0.4) is 0 Å². The molecule has 1 rings (SSSR count). The Balaban J connectivity index is 2.65. The average molecular weight is 159 g/mol. The van der Waals surface area contributed by atoms with E-state index in [1.807, 2.05) is 13.8 Å². The van der Waals surface area contributed by atoms with Crippen LogP contribution in [0.15, 0.2) is 5.16 Å². The third-order valence-electron chi connectivity index (χ3n) is 0.834. The number of hydrogen-bond donors (Lipinski definition) is 2. The highest BCUT2D eigenvalue weighted by atomic mass is 32.1. The monoisotopic (exact) mass is 159 g/mol. The highest BCUT2D eigenvalue weighted by molar-refractivity contribution is 7.80. The molecular formula is C4H9N5S. The molecule has 0 radical (unpaired) electrons. The van der Waals surface area contributed by atoms with Gasteiger partial charge >= 0.3 is 0 Å². The molecule has 0 fully saturated rings. The van der Waals surface area contributed by atoms with E-state index in [0.717, 1.165) is 0 Å². The summed E-state index contributed by atoms with van der Waals surface area (Å²) in [6.45, 7) is 3.99. The summed E-state index contributed by atoms with van der Waals surface area (Å²) in [5.41, 5.74) is 2.96. The van der Waals surface area contributed by atoms with Crippen LogP contribution in [0.1, 0.15) is 13.8 Å². The first-order valence-electron chi connectivity index (χ1n) is 2.94. The Morgan fingerprint density at radius 2 is 2.30 bits per heavy atom. The van der Waals surface area contributed by atoms with Crippen LogP contribution in [0.25, 0.3) is 0 Å². The van der Waals surface area contributed by atoms with Crippen LogP contribution >= 0.6 is 12.6 Å². The zero-order valence-electron chi connectivity index (χ0n) is 5.81. The summed E-state index contributed by atoms with van der Waals surface area (Å²) in [6, 6.07) is 0.300. The highest BCUT2D eigenvalue weighted by Gasteiger charge is 1.99. The number of tetrazole rings is 1. The molecule has 0 aliphatic rings. The summed E-state index contributed by atoms with van der Waals surface area (Å²) in [6.07, 6.45) is 0. The van der Waals surface area contributed by atoms with Crippen molar-refractivity contribution < 1.29 is 0 Å². The summed E-state index contributed by atoms with van der Waals surface area (Å²) in [7, 11) is 0. The molecule has 0 amide bonds. The largest absolute Gasteiger partial charge is 0.303 e. The fourth-order valence-corrected chi connectivity index (χ4v) is 0.648. The van der Waals surface area contributed by atoms with E-state index in [1.54, 1.807) is 0 Å². The number of nitrogens with zero attached hydrogens (tertiary/aromatic N) is 4. The first-order valence-corrected chi connectivity index (χ1v) is 3.39. The second-order valence-electron chi connectivity index (χ2n) is 2.17. The molecule has 0 aliphatic carbocycles. The molecule has 1 aromatic heterocycles. The van der Waals surface area contributed by atoms with E-state index in [1.165, 1.54) is 4.79 Å². The van der Waals surface area contributed by atoms with Gasteiger partial charge in [-0.1, -0.05) is 17.7 Å². The Bertz CT molecular complexity index is 207. The highest BCUT2D eigenvalue weighted by Crippen LogP contribution is 1.94. The fraction of sp³-hybridized carbons (Fsp3) is 0.750. The quantitative estimate of drug-likeness (QED) is 0.592. The van der Waals surface area contributed by atoms with Crippen LogP contribution in [0.5, 0.6) is 0 Å². The predicted octanol–water partition coefficient (Wildman–Crippen LogP) is -0.0863. The Hall–Kier alpha value is -0.780. The molecule has 5 nitrogen and oxygen atoms in total. The number of nitrogens with one attached hydrogen (secondary N) is 1. The van der Waals surface area contributed by atoms with Crippen molar-refractivity contribution >= 4 is 12.6 Å². The minimum absolute atomic E-state index is 0.300. The van der Waals surface area contributed by atoms with Crippen molar-refractivity contribution in [2.75, 3.05) is 5.43 Å². The first-order chi connectivity index (χ1) is 4.70. The van der Waals surface area contributed by atoms with Gasteiger partial charge < -0.3 is 5.43 Å². The van der Waals surface area contributed by atoms with Gasteiger partial charge in [-0.15, -0.1) is 4.79 Å². The topological polar surface area (TPSA) is 55.6 Å². The van der Waals surface area contributed by atoms with Gasteiger partial charge in [-0.05, 0) is 24.3 Å². The maximum absolute atomic E-state index is 3.99. The summed E-state index contributed by atoms with van der Waals surface area (Å²) in [5.74, 6) is 0. The van der Waals surface area contributed by atoms with Gasteiger partial charge in [0, 0.05) is 6.04 Å². The van der Waals surface area contributed by atoms with E-state index >= 15 is 0 Å². The van der Waals surface area contributed by atoms with Gasteiger partial charge in [-0.2, -0.15) is 0 Å². The van der Waals surface area contributed by atoms with Crippen LogP contribution in [0.4, 0.5) is 0 Å². The molecule has 1 aromatic rings. The van der Waals surface area contributed by atoms with E-state index in [2.05, 4.69) is 33.6 Å². The third kappa shape index (κ3) is 1.60. The summed E-state index contributed by atoms with van der Waals surface area (Å²) in [4.78, 5) is 1.42. The molecule has 1 N–H and O–H groups in total. The fourth-order valence-electron chi connectivity index (χ4n) is 0.510.